The van der Waals surface area contributed by atoms with Crippen molar-refractivity contribution in [1.82, 2.24) is 15.5 Å². The highest BCUT2D eigenvalue weighted by atomic mass is 16.5. The Kier molecular flexibility index (Phi) is 17.0. The fourth-order valence-electron chi connectivity index (χ4n) is 5.53. The SMILES string of the molecule is CC#CCN(C)C1CCCCC1.CCC(C)C.CN=CNC(C(C)=O)C(C)NC(=O)OCC1c2ccccc2-c2ccccc21. The molecule has 246 valence electrons. The first-order valence-corrected chi connectivity index (χ1v) is 16.5. The smallest absolute Gasteiger partial charge is 0.407 e. The van der Waals surface area contributed by atoms with Gasteiger partial charge in [0, 0.05) is 19.0 Å². The Morgan fingerprint density at radius 2 is 1.58 bits per heavy atom. The molecule has 2 unspecified atom stereocenters. The third kappa shape index (κ3) is 12.4. The van der Waals surface area contributed by atoms with Crippen LogP contribution in [0.15, 0.2) is 53.5 Å². The molecule has 7 heteroatoms. The number of alkyl carbamates (subject to hydrolysis) is 1. The van der Waals surface area contributed by atoms with Crippen molar-refractivity contribution in [2.24, 2.45) is 10.9 Å². The average molecular weight is 617 g/mol. The van der Waals surface area contributed by atoms with Crippen LogP contribution in [0.25, 0.3) is 11.1 Å². The standard InChI is InChI=1S/C22H25N3O3.C11H19N.C5H12/c1-14(21(15(2)26)24-13-23-3)25-22(27)28-12-20-18-10-6-4-8-16(18)17-9-5-7-11-19(17)20;1-3-4-10-12(2)11-8-6-5-7-9-11;1-4-5(2)3/h4-11,13-14,20-21H,12H2,1-3H3,(H,23,24)(H,25,27);11H,5-10H2,1-2H3;5H,4H2,1-3H3. The molecule has 0 heterocycles. The van der Waals surface area contributed by atoms with Crippen LogP contribution in [0.4, 0.5) is 4.79 Å². The molecule has 2 aromatic rings. The molecule has 0 aromatic heterocycles. The van der Waals surface area contributed by atoms with Crippen molar-refractivity contribution in [2.45, 2.75) is 104 Å². The van der Waals surface area contributed by atoms with E-state index >= 15 is 0 Å². The monoisotopic (exact) mass is 616 g/mol. The van der Waals surface area contributed by atoms with Crippen LogP contribution in [0.1, 0.15) is 97.1 Å². The number of nitrogens with zero attached hydrogens (tertiary/aromatic N) is 2. The lowest BCUT2D eigenvalue weighted by molar-refractivity contribution is -0.119. The number of ketones is 1. The summed E-state index contributed by atoms with van der Waals surface area (Å²) in [6.07, 6.45) is 9.22. The molecule has 2 atom stereocenters. The fraction of sp³-hybridized carbons (Fsp3) is 0.553. The van der Waals surface area contributed by atoms with Gasteiger partial charge in [0.1, 0.15) is 12.6 Å². The molecule has 0 radical (unpaired) electrons. The first-order valence-electron chi connectivity index (χ1n) is 16.5. The van der Waals surface area contributed by atoms with Gasteiger partial charge < -0.3 is 15.4 Å². The molecule has 1 fully saturated rings. The van der Waals surface area contributed by atoms with Gasteiger partial charge in [0.05, 0.1) is 18.9 Å². The van der Waals surface area contributed by atoms with Gasteiger partial charge in [-0.15, -0.1) is 5.92 Å². The normalized spacial score (nSPS) is 15.3. The highest BCUT2D eigenvalue weighted by Crippen LogP contribution is 2.44. The van der Waals surface area contributed by atoms with Gasteiger partial charge >= 0.3 is 6.09 Å². The summed E-state index contributed by atoms with van der Waals surface area (Å²) in [5.41, 5.74) is 4.68. The second-order valence-electron chi connectivity index (χ2n) is 12.3. The number of fused-ring (bicyclic) bond motifs is 3. The Labute approximate surface area is 272 Å². The summed E-state index contributed by atoms with van der Waals surface area (Å²) in [5.74, 6) is 6.86. The van der Waals surface area contributed by atoms with Gasteiger partial charge in [0.15, 0.2) is 5.78 Å². The van der Waals surface area contributed by atoms with Gasteiger partial charge in [-0.2, -0.15) is 0 Å². The number of hydrogen-bond donors (Lipinski definition) is 2. The van der Waals surface area contributed by atoms with E-state index in [4.69, 9.17) is 4.74 Å². The molecule has 0 aliphatic heterocycles. The minimum absolute atomic E-state index is 0.00223. The van der Waals surface area contributed by atoms with Gasteiger partial charge in [0.25, 0.3) is 0 Å². The Bertz CT molecular complexity index is 1230. The number of amides is 1. The van der Waals surface area contributed by atoms with Crippen LogP contribution in [-0.2, 0) is 9.53 Å². The van der Waals surface area contributed by atoms with E-state index < -0.39 is 18.2 Å². The number of carbonyl (C=O) groups excluding carboxylic acids is 2. The first kappa shape index (κ1) is 37.6. The summed E-state index contributed by atoms with van der Waals surface area (Å²) in [6.45, 7) is 13.0. The van der Waals surface area contributed by atoms with E-state index in [1.165, 1.54) is 62.9 Å². The molecule has 1 amide bonds. The van der Waals surface area contributed by atoms with Crippen LogP contribution in [0.3, 0.4) is 0 Å². The molecule has 0 saturated heterocycles. The van der Waals surface area contributed by atoms with Gasteiger partial charge in [-0.3, -0.25) is 14.7 Å². The van der Waals surface area contributed by atoms with Crippen molar-refractivity contribution in [3.05, 3.63) is 59.7 Å². The molecule has 0 bridgehead atoms. The summed E-state index contributed by atoms with van der Waals surface area (Å²) in [6, 6.07) is 16.2. The third-order valence-electron chi connectivity index (χ3n) is 8.53. The van der Waals surface area contributed by atoms with E-state index in [1.807, 2.05) is 31.2 Å². The lowest BCUT2D eigenvalue weighted by Gasteiger charge is -2.29. The van der Waals surface area contributed by atoms with E-state index in [1.54, 1.807) is 14.0 Å². The molecule has 7 nitrogen and oxygen atoms in total. The maximum absolute atomic E-state index is 12.3. The van der Waals surface area contributed by atoms with Crippen LogP contribution >= 0.6 is 0 Å². The second kappa shape index (κ2) is 20.4. The summed E-state index contributed by atoms with van der Waals surface area (Å²) in [4.78, 5) is 30.3. The maximum atomic E-state index is 12.3. The molecule has 0 spiro atoms. The predicted octanol–water partition coefficient (Wildman–Crippen LogP) is 7.45. The molecule has 1 saturated carbocycles. The van der Waals surface area contributed by atoms with E-state index in [-0.39, 0.29) is 18.3 Å². The van der Waals surface area contributed by atoms with Gasteiger partial charge in [-0.1, -0.05) is 101 Å². The Morgan fingerprint density at radius 1 is 1.02 bits per heavy atom. The number of ether oxygens (including phenoxy) is 1. The Balaban J connectivity index is 0.000000342. The summed E-state index contributed by atoms with van der Waals surface area (Å²) in [5, 5.41) is 5.62. The highest BCUT2D eigenvalue weighted by Gasteiger charge is 2.30. The van der Waals surface area contributed by atoms with E-state index in [9.17, 15) is 9.59 Å². The van der Waals surface area contributed by atoms with Gasteiger partial charge in [-0.25, -0.2) is 4.79 Å². The maximum Gasteiger partial charge on any atom is 0.407 e. The third-order valence-corrected chi connectivity index (χ3v) is 8.53. The number of hydrogen-bond acceptors (Lipinski definition) is 5. The molecule has 2 aliphatic rings. The molecular weight excluding hydrogens is 560 g/mol. The highest BCUT2D eigenvalue weighted by molar-refractivity contribution is 5.85. The lowest BCUT2D eigenvalue weighted by Crippen LogP contribution is -2.51. The number of rotatable bonds is 10. The molecule has 2 aromatic carbocycles. The Morgan fingerprint density at radius 3 is 2.07 bits per heavy atom. The molecule has 4 rings (SSSR count). The Hall–Kier alpha value is -3.63. The minimum atomic E-state index is -0.566. The van der Waals surface area contributed by atoms with Crippen molar-refractivity contribution in [2.75, 3.05) is 27.2 Å². The molecular formula is C38H56N4O3. The van der Waals surface area contributed by atoms with Crippen LogP contribution < -0.4 is 10.6 Å². The van der Waals surface area contributed by atoms with Crippen LogP contribution in [0.2, 0.25) is 0 Å². The van der Waals surface area contributed by atoms with Crippen LogP contribution in [0, 0.1) is 17.8 Å². The minimum Gasteiger partial charge on any atom is -0.449 e. The van der Waals surface area contributed by atoms with Crippen LogP contribution in [-0.4, -0.2) is 68.5 Å². The summed E-state index contributed by atoms with van der Waals surface area (Å²) >= 11 is 0. The van der Waals surface area contributed by atoms with E-state index in [2.05, 4.69) is 84.5 Å². The zero-order valence-electron chi connectivity index (χ0n) is 28.9. The number of Topliss-reactive ketones (excluding diaryl/α,β-unsaturated/α-hetero) is 1. The largest absolute Gasteiger partial charge is 0.449 e. The zero-order valence-corrected chi connectivity index (χ0v) is 28.9. The van der Waals surface area contributed by atoms with Gasteiger partial charge in [0.2, 0.25) is 0 Å². The van der Waals surface area contributed by atoms with Crippen molar-refractivity contribution >= 4 is 18.2 Å². The van der Waals surface area contributed by atoms with Crippen LogP contribution in [0.5, 0.6) is 0 Å². The number of nitrogens with one attached hydrogen (secondary N) is 2. The topological polar surface area (TPSA) is 83.0 Å². The quantitative estimate of drug-likeness (QED) is 0.165. The fourth-order valence-corrected chi connectivity index (χ4v) is 5.53. The summed E-state index contributed by atoms with van der Waals surface area (Å²) < 4.78 is 5.52. The number of aliphatic imine (C=N–C) groups is 1. The van der Waals surface area contributed by atoms with E-state index in [0.717, 1.165) is 29.6 Å². The lowest BCUT2D eigenvalue weighted by atomic mass is 9.94. The van der Waals surface area contributed by atoms with Crippen molar-refractivity contribution in [1.29, 1.82) is 0 Å². The van der Waals surface area contributed by atoms with Crippen molar-refractivity contribution in [3.63, 3.8) is 0 Å². The number of benzene rings is 2. The zero-order chi connectivity index (χ0) is 33.2. The second-order valence-corrected chi connectivity index (χ2v) is 12.3. The number of carbonyl (C=O) groups is 2. The molecule has 45 heavy (non-hydrogen) atoms. The average Bonchev–Trinajstić information content (AvgIpc) is 3.37. The first-order chi connectivity index (χ1) is 21.6. The van der Waals surface area contributed by atoms with Gasteiger partial charge in [-0.05, 0) is 68.8 Å². The van der Waals surface area contributed by atoms with E-state index in [0.29, 0.717) is 0 Å². The molecule has 2 N–H and O–H groups in total. The van der Waals surface area contributed by atoms with Crippen molar-refractivity contribution in [3.8, 4) is 23.0 Å². The predicted molar refractivity (Wildman–Crippen MR) is 188 cm³/mol. The molecule has 2 aliphatic carbocycles. The van der Waals surface area contributed by atoms with Crippen molar-refractivity contribution < 1.29 is 14.3 Å². The summed E-state index contributed by atoms with van der Waals surface area (Å²) in [7, 11) is 3.80.